The van der Waals surface area contributed by atoms with Gasteiger partial charge in [-0.05, 0) is 58.6 Å². The second kappa shape index (κ2) is 21.0. The third kappa shape index (κ3) is 22.1. The van der Waals surface area contributed by atoms with Crippen molar-refractivity contribution in [3.05, 3.63) is 24.7 Å². The largest absolute Gasteiger partial charge is 0.583 e. The molecule has 0 spiro atoms. The van der Waals surface area contributed by atoms with Crippen molar-refractivity contribution >= 4 is 7.82 Å². The van der Waals surface area contributed by atoms with Crippen LogP contribution in [0, 0.1) is 0 Å². The number of phosphoric ester groups is 1. The summed E-state index contributed by atoms with van der Waals surface area (Å²) >= 11 is 0. The molecule has 31 heavy (non-hydrogen) atoms. The second-order valence-electron chi connectivity index (χ2n) is 7.46. The summed E-state index contributed by atoms with van der Waals surface area (Å²) in [6, 6.07) is 0. The molecule has 4 N–H and O–H groups in total. The van der Waals surface area contributed by atoms with Crippen LogP contribution in [0.15, 0.2) is 24.7 Å². The number of aliphatic hydroxyl groups excluding tert-OH is 3. The first-order valence-corrected chi connectivity index (χ1v) is 12.9. The fourth-order valence-corrected chi connectivity index (χ4v) is 3.24. The highest BCUT2D eigenvalue weighted by molar-refractivity contribution is 7.47. The first-order chi connectivity index (χ1) is 14.6. The normalized spacial score (nSPS) is 16.6. The molecule has 0 aliphatic heterocycles. The zero-order valence-corrected chi connectivity index (χ0v) is 20.9. The van der Waals surface area contributed by atoms with Crippen molar-refractivity contribution in [2.24, 2.45) is 0 Å². The van der Waals surface area contributed by atoms with Gasteiger partial charge in [-0.2, -0.15) is 0 Å². The lowest BCUT2D eigenvalue weighted by atomic mass is 10.2. The predicted molar refractivity (Wildman–Crippen MR) is 125 cm³/mol. The van der Waals surface area contributed by atoms with E-state index in [4.69, 9.17) is 24.4 Å². The zero-order valence-electron chi connectivity index (χ0n) is 20.0. The molecule has 0 rings (SSSR count). The highest BCUT2D eigenvalue weighted by atomic mass is 31.2. The van der Waals surface area contributed by atoms with Crippen LogP contribution in [-0.2, 0) is 13.6 Å². The standard InChI is InChI=1S/C16H31O4P.C6H15NO3/c1-3-5-7-9-11-13-15-19-21(17,18)20-16-14-12-10-8-6-4-2;1-4(8)7(5(2)9)6(3)10/h13-16H,3-12H2,1-2H3,(H,17,18);4-6,8-10H,1-3H3. The Morgan fingerprint density at radius 2 is 1.10 bits per heavy atom. The number of allylic oxidation sites excluding steroid dienone is 2. The molecule has 3 atom stereocenters. The third-order valence-electron chi connectivity index (χ3n) is 4.32. The van der Waals surface area contributed by atoms with Crippen LogP contribution >= 0.6 is 7.82 Å². The van der Waals surface area contributed by atoms with Gasteiger partial charge < -0.3 is 24.4 Å². The summed E-state index contributed by atoms with van der Waals surface area (Å²) in [5.74, 6) is 0. The van der Waals surface area contributed by atoms with Crippen molar-refractivity contribution in [1.29, 1.82) is 0 Å². The summed E-state index contributed by atoms with van der Waals surface area (Å²) in [5, 5.41) is 26.9. The highest BCUT2D eigenvalue weighted by Crippen LogP contribution is 2.43. The Labute approximate surface area is 189 Å². The Kier molecular flexibility index (Phi) is 21.9. The first-order valence-electron chi connectivity index (χ1n) is 11.4. The van der Waals surface area contributed by atoms with Crippen LogP contribution in [0.25, 0.3) is 0 Å². The van der Waals surface area contributed by atoms with Crippen molar-refractivity contribution < 1.29 is 33.8 Å². The molecule has 0 saturated heterocycles. The summed E-state index contributed by atoms with van der Waals surface area (Å²) < 4.78 is 21.0. The van der Waals surface area contributed by atoms with Crippen molar-refractivity contribution in [3.8, 4) is 0 Å². The Balaban J connectivity index is 0. The fraction of sp³-hybridized carbons (Fsp3) is 0.818. The number of unbranched alkanes of at least 4 members (excludes halogenated alkanes) is 8. The Hall–Kier alpha value is -0.890. The van der Waals surface area contributed by atoms with Crippen LogP contribution in [0.2, 0.25) is 0 Å². The molecule has 0 aliphatic rings. The van der Waals surface area contributed by atoms with E-state index in [1.54, 1.807) is 12.2 Å². The van der Waals surface area contributed by atoms with E-state index in [-0.39, 0.29) is 0 Å². The molecular formula is C22H46NO7P. The number of hydrogen-bond donors (Lipinski definition) is 4. The SMILES string of the molecule is CC(O)N(C(C)O)C(C)O.CCCCCCC=COP(=O)(O)OC=CCCCCCC. The van der Waals surface area contributed by atoms with Crippen molar-refractivity contribution in [2.45, 2.75) is 118 Å². The summed E-state index contributed by atoms with van der Waals surface area (Å²) in [6.07, 6.45) is 14.6. The molecule has 0 aromatic heterocycles. The minimum Gasteiger partial charge on any atom is -0.404 e. The van der Waals surface area contributed by atoms with Crippen molar-refractivity contribution in [1.82, 2.24) is 4.90 Å². The van der Waals surface area contributed by atoms with Crippen LogP contribution < -0.4 is 0 Å². The molecule has 0 saturated carbocycles. The number of nitrogens with zero attached hydrogens (tertiary/aromatic N) is 1. The van der Waals surface area contributed by atoms with E-state index in [2.05, 4.69) is 13.8 Å². The second-order valence-corrected chi connectivity index (χ2v) is 8.82. The molecule has 186 valence electrons. The summed E-state index contributed by atoms with van der Waals surface area (Å²) in [6.45, 7) is 8.78. The number of aliphatic hydroxyl groups is 3. The van der Waals surface area contributed by atoms with E-state index in [1.807, 2.05) is 0 Å². The van der Waals surface area contributed by atoms with Crippen LogP contribution in [0.1, 0.15) is 98.8 Å². The number of phosphoric acid groups is 1. The lowest BCUT2D eigenvalue weighted by Gasteiger charge is -2.30. The Morgan fingerprint density at radius 3 is 1.35 bits per heavy atom. The molecular weight excluding hydrogens is 421 g/mol. The smallest absolute Gasteiger partial charge is 0.404 e. The van der Waals surface area contributed by atoms with E-state index in [1.165, 1.54) is 76.7 Å². The molecule has 0 aromatic rings. The van der Waals surface area contributed by atoms with Gasteiger partial charge in [0.15, 0.2) is 0 Å². The minimum atomic E-state index is -3.99. The topological polar surface area (TPSA) is 120 Å². The van der Waals surface area contributed by atoms with Crippen LogP contribution in [-0.4, -0.2) is 43.8 Å². The van der Waals surface area contributed by atoms with E-state index in [9.17, 15) is 9.46 Å². The molecule has 0 radical (unpaired) electrons. The zero-order chi connectivity index (χ0) is 24.1. The quantitative estimate of drug-likeness (QED) is 0.0972. The number of rotatable bonds is 17. The molecule has 0 aliphatic carbocycles. The first kappa shape index (κ1) is 32.3. The van der Waals surface area contributed by atoms with Gasteiger partial charge in [-0.25, -0.2) is 9.46 Å². The van der Waals surface area contributed by atoms with E-state index < -0.39 is 26.5 Å². The number of hydrogen-bond acceptors (Lipinski definition) is 7. The summed E-state index contributed by atoms with van der Waals surface area (Å²) in [5.41, 5.74) is 0. The Bertz CT molecular complexity index is 449. The highest BCUT2D eigenvalue weighted by Gasteiger charge is 2.20. The molecule has 0 fully saturated rings. The van der Waals surface area contributed by atoms with Crippen LogP contribution in [0.5, 0.6) is 0 Å². The van der Waals surface area contributed by atoms with E-state index >= 15 is 0 Å². The predicted octanol–water partition coefficient (Wildman–Crippen LogP) is 5.39. The fourth-order valence-electron chi connectivity index (χ4n) is 2.72. The van der Waals surface area contributed by atoms with Gasteiger partial charge in [0.05, 0.1) is 12.5 Å². The van der Waals surface area contributed by atoms with Gasteiger partial charge in [0.1, 0.15) is 18.7 Å². The van der Waals surface area contributed by atoms with Gasteiger partial charge in [-0.15, -0.1) is 0 Å². The molecule has 0 amide bonds. The Morgan fingerprint density at radius 1 is 0.742 bits per heavy atom. The summed E-state index contributed by atoms with van der Waals surface area (Å²) in [7, 11) is -3.99. The van der Waals surface area contributed by atoms with Crippen molar-refractivity contribution in [2.75, 3.05) is 0 Å². The molecule has 3 unspecified atom stereocenters. The average molecular weight is 468 g/mol. The lowest BCUT2D eigenvalue weighted by Crippen LogP contribution is -2.45. The van der Waals surface area contributed by atoms with E-state index in [0.717, 1.165) is 25.7 Å². The molecule has 9 heteroatoms. The van der Waals surface area contributed by atoms with Crippen LogP contribution in [0.3, 0.4) is 0 Å². The lowest BCUT2D eigenvalue weighted by molar-refractivity contribution is -0.159. The monoisotopic (exact) mass is 467 g/mol. The van der Waals surface area contributed by atoms with Gasteiger partial charge in [0.25, 0.3) is 0 Å². The van der Waals surface area contributed by atoms with Gasteiger partial charge in [-0.3, -0.25) is 4.89 Å². The maximum atomic E-state index is 11.5. The van der Waals surface area contributed by atoms with Gasteiger partial charge in [0, 0.05) is 0 Å². The van der Waals surface area contributed by atoms with Crippen molar-refractivity contribution in [3.63, 3.8) is 0 Å². The van der Waals surface area contributed by atoms with Crippen LogP contribution in [0.4, 0.5) is 0 Å². The molecule has 0 heterocycles. The average Bonchev–Trinajstić information content (AvgIpc) is 2.66. The van der Waals surface area contributed by atoms with E-state index in [0.29, 0.717) is 0 Å². The molecule has 0 bridgehead atoms. The summed E-state index contributed by atoms with van der Waals surface area (Å²) in [4.78, 5) is 10.6. The van der Waals surface area contributed by atoms with Gasteiger partial charge in [-0.1, -0.05) is 52.4 Å². The maximum absolute atomic E-state index is 11.5. The minimum absolute atomic E-state index is 0.833. The van der Waals surface area contributed by atoms with Gasteiger partial charge in [0.2, 0.25) is 0 Å². The molecule has 8 nitrogen and oxygen atoms in total. The third-order valence-corrected chi connectivity index (χ3v) is 5.10. The maximum Gasteiger partial charge on any atom is 0.583 e. The molecule has 0 aromatic carbocycles. The van der Waals surface area contributed by atoms with Gasteiger partial charge >= 0.3 is 7.82 Å².